The van der Waals surface area contributed by atoms with Crippen molar-refractivity contribution in [2.75, 3.05) is 0 Å². The van der Waals surface area contributed by atoms with E-state index in [2.05, 4.69) is 20.4 Å². The Hall–Kier alpha value is -4.26. The van der Waals surface area contributed by atoms with Gasteiger partial charge in [0.1, 0.15) is 0 Å². The van der Waals surface area contributed by atoms with E-state index in [1.54, 1.807) is 24.5 Å². The van der Waals surface area contributed by atoms with Crippen LogP contribution in [-0.2, 0) is 13.1 Å². The van der Waals surface area contributed by atoms with Crippen molar-refractivity contribution in [2.24, 2.45) is 0 Å². The van der Waals surface area contributed by atoms with Gasteiger partial charge < -0.3 is 10.3 Å². The number of carbonyl (C=O) groups excluding carboxylic acids is 1. The molecule has 5 aromatic rings. The number of amides is 1. The number of aromatic nitrogens is 4. The first-order valence-electron chi connectivity index (χ1n) is 9.92. The average Bonchev–Trinajstić information content (AvgIpc) is 3.28. The van der Waals surface area contributed by atoms with E-state index >= 15 is 0 Å². The normalized spacial score (nSPS) is 11.1. The van der Waals surface area contributed by atoms with Crippen LogP contribution in [0.1, 0.15) is 21.6 Å². The van der Waals surface area contributed by atoms with Crippen LogP contribution in [0.15, 0.2) is 84.0 Å². The molecule has 7 heteroatoms. The minimum absolute atomic E-state index is 0.174. The van der Waals surface area contributed by atoms with Crippen molar-refractivity contribution in [1.29, 1.82) is 0 Å². The Morgan fingerprint density at radius 1 is 1.03 bits per heavy atom. The first-order chi connectivity index (χ1) is 15.2. The predicted octanol–water partition coefficient (Wildman–Crippen LogP) is 3.25. The van der Waals surface area contributed by atoms with E-state index in [1.807, 2.05) is 54.7 Å². The van der Waals surface area contributed by atoms with E-state index < -0.39 is 0 Å². The van der Waals surface area contributed by atoms with Crippen LogP contribution < -0.4 is 10.9 Å². The highest BCUT2D eigenvalue weighted by Gasteiger charge is 2.13. The summed E-state index contributed by atoms with van der Waals surface area (Å²) in [5.74, 6) is -0.201. The summed E-state index contributed by atoms with van der Waals surface area (Å²) in [5, 5.41) is 9.84. The van der Waals surface area contributed by atoms with E-state index in [4.69, 9.17) is 0 Å². The lowest BCUT2D eigenvalue weighted by Gasteiger charge is -2.12. The molecule has 31 heavy (non-hydrogen) atoms. The number of nitrogens with one attached hydrogen (secondary N) is 2. The van der Waals surface area contributed by atoms with Gasteiger partial charge in [-0.3, -0.25) is 14.6 Å². The highest BCUT2D eigenvalue weighted by Crippen LogP contribution is 2.16. The highest BCUT2D eigenvalue weighted by molar-refractivity contribution is 5.98. The van der Waals surface area contributed by atoms with Crippen molar-refractivity contribution in [2.45, 2.75) is 13.1 Å². The summed E-state index contributed by atoms with van der Waals surface area (Å²) in [4.78, 5) is 32.9. The maximum atomic E-state index is 12.9. The Kier molecular flexibility index (Phi) is 4.76. The number of hydrogen-bond donors (Lipinski definition) is 2. The second-order valence-electron chi connectivity index (χ2n) is 7.28. The van der Waals surface area contributed by atoms with Crippen LogP contribution in [-0.4, -0.2) is 25.7 Å². The molecular formula is C24H19N5O2. The highest BCUT2D eigenvalue weighted by atomic mass is 16.1. The standard InChI is InChI=1S/C24H19N5O2/c30-23(18-8-7-17-9-11-26-21(17)12-18)27-14-22-19-5-1-2-6-20(19)24(31)29(28-22)15-16-4-3-10-25-13-16/h1-13,26H,14-15H2,(H,27,30). The zero-order valence-electron chi connectivity index (χ0n) is 16.6. The van der Waals surface area contributed by atoms with E-state index in [9.17, 15) is 9.59 Å². The number of carbonyl (C=O) groups is 1. The van der Waals surface area contributed by atoms with Gasteiger partial charge in [0, 0.05) is 35.1 Å². The third-order valence-electron chi connectivity index (χ3n) is 5.23. The largest absolute Gasteiger partial charge is 0.361 e. The Bertz CT molecular complexity index is 1450. The predicted molar refractivity (Wildman–Crippen MR) is 119 cm³/mol. The Labute approximate surface area is 177 Å². The molecule has 0 bridgehead atoms. The molecule has 0 radical (unpaired) electrons. The molecule has 0 aliphatic heterocycles. The molecule has 0 saturated carbocycles. The molecule has 0 aliphatic rings. The molecule has 0 aliphatic carbocycles. The first kappa shape index (κ1) is 18.7. The summed E-state index contributed by atoms with van der Waals surface area (Å²) in [6, 6.07) is 18.5. The van der Waals surface area contributed by atoms with Crippen LogP contribution in [0.4, 0.5) is 0 Å². The third kappa shape index (κ3) is 3.69. The van der Waals surface area contributed by atoms with Crippen molar-refractivity contribution >= 4 is 27.6 Å². The molecule has 0 atom stereocenters. The van der Waals surface area contributed by atoms with Crippen molar-refractivity contribution in [3.8, 4) is 0 Å². The number of fused-ring (bicyclic) bond motifs is 2. The smallest absolute Gasteiger partial charge is 0.274 e. The van der Waals surface area contributed by atoms with Gasteiger partial charge in [-0.1, -0.05) is 30.3 Å². The lowest BCUT2D eigenvalue weighted by molar-refractivity contribution is 0.0950. The van der Waals surface area contributed by atoms with E-state index in [1.165, 1.54) is 4.68 Å². The minimum atomic E-state index is -0.201. The average molecular weight is 409 g/mol. The summed E-state index contributed by atoms with van der Waals surface area (Å²) < 4.78 is 1.42. The summed E-state index contributed by atoms with van der Waals surface area (Å²) in [7, 11) is 0. The molecule has 7 nitrogen and oxygen atoms in total. The zero-order chi connectivity index (χ0) is 21.2. The fourth-order valence-electron chi connectivity index (χ4n) is 3.66. The number of benzene rings is 2. The van der Waals surface area contributed by atoms with Gasteiger partial charge in [0.05, 0.1) is 24.2 Å². The SMILES string of the molecule is O=C(NCc1nn(Cc2cccnc2)c(=O)c2ccccc12)c1ccc2cc[nH]c2c1. The number of aromatic amines is 1. The molecule has 0 saturated heterocycles. The Balaban J connectivity index is 1.46. The van der Waals surface area contributed by atoms with E-state index in [-0.39, 0.29) is 18.0 Å². The summed E-state index contributed by atoms with van der Waals surface area (Å²) in [6.45, 7) is 0.511. The number of nitrogens with zero attached hydrogens (tertiary/aromatic N) is 3. The number of pyridine rings is 1. The second-order valence-corrected chi connectivity index (χ2v) is 7.28. The van der Waals surface area contributed by atoms with Crippen LogP contribution >= 0.6 is 0 Å². The van der Waals surface area contributed by atoms with Crippen LogP contribution in [0.3, 0.4) is 0 Å². The molecule has 3 heterocycles. The third-order valence-corrected chi connectivity index (χ3v) is 5.23. The summed E-state index contributed by atoms with van der Waals surface area (Å²) in [5.41, 5.74) is 2.80. The van der Waals surface area contributed by atoms with Gasteiger partial charge in [0.15, 0.2) is 0 Å². The molecule has 0 fully saturated rings. The number of rotatable bonds is 5. The lowest BCUT2D eigenvalue weighted by atomic mass is 10.1. The quantitative estimate of drug-likeness (QED) is 0.466. The molecule has 5 rings (SSSR count). The van der Waals surface area contributed by atoms with Gasteiger partial charge in [-0.25, -0.2) is 4.68 Å². The minimum Gasteiger partial charge on any atom is -0.361 e. The molecule has 0 spiro atoms. The Morgan fingerprint density at radius 2 is 1.90 bits per heavy atom. The zero-order valence-corrected chi connectivity index (χ0v) is 16.6. The Morgan fingerprint density at radius 3 is 2.74 bits per heavy atom. The van der Waals surface area contributed by atoms with Gasteiger partial charge in [-0.05, 0) is 41.3 Å². The molecular weight excluding hydrogens is 390 g/mol. The molecule has 2 N–H and O–H groups in total. The summed E-state index contributed by atoms with van der Waals surface area (Å²) >= 11 is 0. The van der Waals surface area contributed by atoms with Crippen molar-refractivity contribution in [3.63, 3.8) is 0 Å². The molecule has 152 valence electrons. The van der Waals surface area contributed by atoms with Gasteiger partial charge in [0.25, 0.3) is 11.5 Å². The second kappa shape index (κ2) is 7.87. The molecule has 3 aromatic heterocycles. The fourth-order valence-corrected chi connectivity index (χ4v) is 3.66. The van der Waals surface area contributed by atoms with Gasteiger partial charge in [0.2, 0.25) is 0 Å². The van der Waals surface area contributed by atoms with Crippen molar-refractivity contribution in [3.05, 3.63) is 106 Å². The topological polar surface area (TPSA) is 92.7 Å². The fraction of sp³-hybridized carbons (Fsp3) is 0.0833. The van der Waals surface area contributed by atoms with Gasteiger partial charge in [-0.15, -0.1) is 0 Å². The van der Waals surface area contributed by atoms with Crippen LogP contribution in [0.5, 0.6) is 0 Å². The summed E-state index contributed by atoms with van der Waals surface area (Å²) in [6.07, 6.45) is 5.24. The van der Waals surface area contributed by atoms with Gasteiger partial charge in [-0.2, -0.15) is 5.10 Å². The maximum Gasteiger partial charge on any atom is 0.274 e. The van der Waals surface area contributed by atoms with E-state index in [0.717, 1.165) is 21.9 Å². The van der Waals surface area contributed by atoms with Gasteiger partial charge >= 0.3 is 0 Å². The molecule has 1 amide bonds. The van der Waals surface area contributed by atoms with Crippen molar-refractivity contribution < 1.29 is 4.79 Å². The lowest BCUT2D eigenvalue weighted by Crippen LogP contribution is -2.29. The van der Waals surface area contributed by atoms with Crippen LogP contribution in [0, 0.1) is 0 Å². The molecule has 0 unspecified atom stereocenters. The van der Waals surface area contributed by atoms with Crippen LogP contribution in [0.25, 0.3) is 21.7 Å². The molecule has 2 aromatic carbocycles. The van der Waals surface area contributed by atoms with Crippen LogP contribution in [0.2, 0.25) is 0 Å². The first-order valence-corrected chi connectivity index (χ1v) is 9.92. The number of H-pyrrole nitrogens is 1. The maximum absolute atomic E-state index is 12.9. The van der Waals surface area contributed by atoms with Crippen molar-refractivity contribution in [1.82, 2.24) is 25.1 Å². The van der Waals surface area contributed by atoms with E-state index in [0.29, 0.717) is 23.2 Å². The number of hydrogen-bond acceptors (Lipinski definition) is 4. The monoisotopic (exact) mass is 409 g/mol.